The Kier molecular flexibility index (Phi) is 6.06. The number of nitrogens with zero attached hydrogens (tertiary/aromatic N) is 1. The van der Waals surface area contributed by atoms with E-state index < -0.39 is 23.6 Å². The molecule has 0 aromatic heterocycles. The number of likely N-dealkylation sites (tertiary alicyclic amines) is 1. The number of hydrogen-bond acceptors (Lipinski definition) is 4. The van der Waals surface area contributed by atoms with Gasteiger partial charge in [0.05, 0.1) is 5.92 Å². The summed E-state index contributed by atoms with van der Waals surface area (Å²) in [6, 6.07) is 9.77. The largest absolute Gasteiger partial charge is 0.481 e. The first-order valence-corrected chi connectivity index (χ1v) is 8.69. The number of piperidine rings is 1. The monoisotopic (exact) mass is 348 g/mol. The number of aliphatic carboxylic acids is 1. The molecular formula is C19H28N2O4. The van der Waals surface area contributed by atoms with Crippen LogP contribution in [0.3, 0.4) is 0 Å². The van der Waals surface area contributed by atoms with Gasteiger partial charge in [0.25, 0.3) is 0 Å². The third-order valence-electron chi connectivity index (χ3n) is 4.35. The highest BCUT2D eigenvalue weighted by Gasteiger charge is 2.38. The number of amides is 1. The van der Waals surface area contributed by atoms with E-state index in [0.29, 0.717) is 13.0 Å². The summed E-state index contributed by atoms with van der Waals surface area (Å²) in [5, 5.41) is 13.0. The molecule has 0 radical (unpaired) electrons. The van der Waals surface area contributed by atoms with Crippen LogP contribution in [0.4, 0.5) is 4.79 Å². The van der Waals surface area contributed by atoms with Gasteiger partial charge < -0.3 is 20.1 Å². The number of benzene rings is 1. The first-order valence-electron chi connectivity index (χ1n) is 8.69. The predicted octanol–water partition coefficient (Wildman–Crippen LogP) is 3.05. The third kappa shape index (κ3) is 5.46. The Bertz CT molecular complexity index is 597. The summed E-state index contributed by atoms with van der Waals surface area (Å²) in [6.07, 6.45) is 0.126. The van der Waals surface area contributed by atoms with Crippen molar-refractivity contribution in [3.05, 3.63) is 35.9 Å². The summed E-state index contributed by atoms with van der Waals surface area (Å²) < 4.78 is 5.36. The van der Waals surface area contributed by atoms with E-state index in [1.807, 2.05) is 37.3 Å². The molecule has 1 aliphatic rings. The first kappa shape index (κ1) is 19.2. The van der Waals surface area contributed by atoms with Gasteiger partial charge in [-0.2, -0.15) is 0 Å². The van der Waals surface area contributed by atoms with Crippen LogP contribution in [-0.2, 0) is 9.53 Å². The Morgan fingerprint density at radius 1 is 1.28 bits per heavy atom. The Hall–Kier alpha value is -2.08. The number of carbonyl (C=O) groups is 2. The standard InChI is InChI=1S/C19H28N2O4/c1-13(14-8-6-5-7-9-14)20-16-10-11-21(12-15(16)17(22)23)18(24)25-19(2,3)4/h5-9,13,15-16,20H,10-12H2,1-4H3,(H,22,23)/t13-,15?,16?/m1/s1. The van der Waals surface area contributed by atoms with Gasteiger partial charge in [0.15, 0.2) is 0 Å². The van der Waals surface area contributed by atoms with Crippen LogP contribution in [0, 0.1) is 5.92 Å². The van der Waals surface area contributed by atoms with Crippen LogP contribution >= 0.6 is 0 Å². The summed E-state index contributed by atoms with van der Waals surface area (Å²) in [5.41, 5.74) is 0.522. The number of carboxylic acid groups (broad SMARTS) is 1. The lowest BCUT2D eigenvalue weighted by Crippen LogP contribution is -2.54. The summed E-state index contributed by atoms with van der Waals surface area (Å²) in [5.74, 6) is -1.56. The molecule has 2 unspecified atom stereocenters. The molecule has 1 saturated heterocycles. The second-order valence-electron chi connectivity index (χ2n) is 7.57. The molecule has 1 aliphatic heterocycles. The quantitative estimate of drug-likeness (QED) is 0.874. The molecule has 1 amide bonds. The van der Waals surface area contributed by atoms with E-state index in [9.17, 15) is 14.7 Å². The average Bonchev–Trinajstić information content (AvgIpc) is 2.54. The lowest BCUT2D eigenvalue weighted by molar-refractivity contribution is -0.144. The predicted molar refractivity (Wildman–Crippen MR) is 95.3 cm³/mol. The van der Waals surface area contributed by atoms with Gasteiger partial charge in [0, 0.05) is 25.2 Å². The zero-order chi connectivity index (χ0) is 18.6. The molecule has 1 aromatic carbocycles. The van der Waals surface area contributed by atoms with Gasteiger partial charge >= 0.3 is 12.1 Å². The lowest BCUT2D eigenvalue weighted by atomic mass is 9.91. The molecule has 0 bridgehead atoms. The highest BCUT2D eigenvalue weighted by atomic mass is 16.6. The summed E-state index contributed by atoms with van der Waals surface area (Å²) in [7, 11) is 0. The molecule has 0 spiro atoms. The Morgan fingerprint density at radius 2 is 1.92 bits per heavy atom. The summed E-state index contributed by atoms with van der Waals surface area (Å²) >= 11 is 0. The molecule has 1 heterocycles. The van der Waals surface area contributed by atoms with Crippen molar-refractivity contribution in [1.29, 1.82) is 0 Å². The van der Waals surface area contributed by atoms with Gasteiger partial charge in [-0.05, 0) is 39.7 Å². The molecule has 6 heteroatoms. The van der Waals surface area contributed by atoms with E-state index in [-0.39, 0.29) is 18.6 Å². The van der Waals surface area contributed by atoms with Crippen LogP contribution in [0.25, 0.3) is 0 Å². The van der Waals surface area contributed by atoms with E-state index in [2.05, 4.69) is 5.32 Å². The lowest BCUT2D eigenvalue weighted by Gasteiger charge is -2.38. The zero-order valence-electron chi connectivity index (χ0n) is 15.4. The average molecular weight is 348 g/mol. The van der Waals surface area contributed by atoms with E-state index >= 15 is 0 Å². The SMILES string of the molecule is C[C@@H](NC1CCN(C(=O)OC(C)(C)C)CC1C(=O)O)c1ccccc1. The van der Waals surface area contributed by atoms with Gasteiger partial charge in [0.1, 0.15) is 5.60 Å². The maximum absolute atomic E-state index is 12.2. The van der Waals surface area contributed by atoms with Crippen molar-refractivity contribution in [3.63, 3.8) is 0 Å². The van der Waals surface area contributed by atoms with Gasteiger partial charge in [-0.15, -0.1) is 0 Å². The van der Waals surface area contributed by atoms with E-state index in [1.165, 1.54) is 4.90 Å². The smallest absolute Gasteiger partial charge is 0.410 e. The number of hydrogen-bond donors (Lipinski definition) is 2. The Morgan fingerprint density at radius 3 is 2.48 bits per heavy atom. The van der Waals surface area contributed by atoms with Crippen LogP contribution in [0.1, 0.15) is 45.7 Å². The topological polar surface area (TPSA) is 78.9 Å². The molecule has 1 aromatic rings. The van der Waals surface area contributed by atoms with Crippen molar-refractivity contribution in [2.75, 3.05) is 13.1 Å². The van der Waals surface area contributed by atoms with Crippen molar-refractivity contribution < 1.29 is 19.4 Å². The summed E-state index contributed by atoms with van der Waals surface area (Å²) in [6.45, 7) is 8.07. The van der Waals surface area contributed by atoms with Crippen LogP contribution in [0.2, 0.25) is 0 Å². The van der Waals surface area contributed by atoms with Crippen molar-refractivity contribution in [1.82, 2.24) is 10.2 Å². The number of ether oxygens (including phenoxy) is 1. The minimum Gasteiger partial charge on any atom is -0.481 e. The van der Waals surface area contributed by atoms with E-state index in [0.717, 1.165) is 5.56 Å². The van der Waals surface area contributed by atoms with Crippen molar-refractivity contribution in [3.8, 4) is 0 Å². The Balaban J connectivity index is 2.02. The van der Waals surface area contributed by atoms with Crippen molar-refractivity contribution >= 4 is 12.1 Å². The van der Waals surface area contributed by atoms with E-state index in [1.54, 1.807) is 20.8 Å². The number of rotatable bonds is 4. The van der Waals surface area contributed by atoms with Gasteiger partial charge in [-0.25, -0.2) is 4.79 Å². The molecule has 2 N–H and O–H groups in total. The first-order chi connectivity index (χ1) is 11.7. The molecule has 1 fully saturated rings. The molecule has 6 nitrogen and oxygen atoms in total. The third-order valence-corrected chi connectivity index (χ3v) is 4.35. The van der Waals surface area contributed by atoms with Gasteiger partial charge in [0.2, 0.25) is 0 Å². The summed E-state index contributed by atoms with van der Waals surface area (Å²) in [4.78, 5) is 25.4. The molecular weight excluding hydrogens is 320 g/mol. The maximum Gasteiger partial charge on any atom is 0.410 e. The normalized spacial score (nSPS) is 22.3. The maximum atomic E-state index is 12.2. The fraction of sp³-hybridized carbons (Fsp3) is 0.579. The van der Waals surface area contributed by atoms with Crippen molar-refractivity contribution in [2.24, 2.45) is 5.92 Å². The molecule has 138 valence electrons. The molecule has 0 saturated carbocycles. The highest BCUT2D eigenvalue weighted by molar-refractivity contribution is 5.74. The van der Waals surface area contributed by atoms with Gasteiger partial charge in [-0.1, -0.05) is 30.3 Å². The molecule has 0 aliphatic carbocycles. The van der Waals surface area contributed by atoms with Crippen molar-refractivity contribution in [2.45, 2.75) is 51.8 Å². The highest BCUT2D eigenvalue weighted by Crippen LogP contribution is 2.23. The molecule has 25 heavy (non-hydrogen) atoms. The number of carboxylic acids is 1. The zero-order valence-corrected chi connectivity index (χ0v) is 15.4. The van der Waals surface area contributed by atoms with Crippen LogP contribution < -0.4 is 5.32 Å². The van der Waals surface area contributed by atoms with E-state index in [4.69, 9.17) is 4.74 Å². The molecule has 3 atom stereocenters. The van der Waals surface area contributed by atoms with Crippen LogP contribution in [0.5, 0.6) is 0 Å². The number of nitrogens with one attached hydrogen (secondary N) is 1. The minimum absolute atomic E-state index is 0.0427. The fourth-order valence-electron chi connectivity index (χ4n) is 3.05. The Labute approximate surface area is 149 Å². The minimum atomic E-state index is -0.897. The number of carbonyl (C=O) groups excluding carboxylic acids is 1. The second kappa shape index (κ2) is 7.87. The fourth-order valence-corrected chi connectivity index (χ4v) is 3.05. The molecule has 2 rings (SSSR count). The van der Waals surface area contributed by atoms with Gasteiger partial charge in [-0.3, -0.25) is 4.79 Å². The van der Waals surface area contributed by atoms with Crippen LogP contribution in [-0.4, -0.2) is 46.8 Å². The van der Waals surface area contributed by atoms with Crippen LogP contribution in [0.15, 0.2) is 30.3 Å². The second-order valence-corrected chi connectivity index (χ2v) is 7.57.